The van der Waals surface area contributed by atoms with Crippen molar-refractivity contribution < 1.29 is 9.53 Å². The van der Waals surface area contributed by atoms with Crippen LogP contribution in [0.3, 0.4) is 0 Å². The van der Waals surface area contributed by atoms with Gasteiger partial charge in [-0.25, -0.2) is 0 Å². The molecule has 0 radical (unpaired) electrons. The summed E-state index contributed by atoms with van der Waals surface area (Å²) in [5.41, 5.74) is 2.56. The summed E-state index contributed by atoms with van der Waals surface area (Å²) in [4.78, 5) is 11.3. The first-order valence-electron chi connectivity index (χ1n) is 5.83. The Morgan fingerprint density at radius 2 is 2.06 bits per heavy atom. The van der Waals surface area contributed by atoms with E-state index in [4.69, 9.17) is 4.74 Å². The van der Waals surface area contributed by atoms with E-state index in [-0.39, 0.29) is 11.9 Å². The summed E-state index contributed by atoms with van der Waals surface area (Å²) in [6, 6.07) is 8.45. The van der Waals surface area contributed by atoms with Crippen LogP contribution in [0.15, 0.2) is 24.3 Å². The zero-order chi connectivity index (χ0) is 12.0. The Bertz CT molecular complexity index is 344. The lowest BCUT2D eigenvalue weighted by atomic mass is 9.98. The molecule has 0 aliphatic rings. The van der Waals surface area contributed by atoms with Gasteiger partial charge in [0.1, 0.15) is 0 Å². The molecule has 1 unspecified atom stereocenters. The number of esters is 1. The zero-order valence-corrected chi connectivity index (χ0v) is 10.3. The van der Waals surface area contributed by atoms with E-state index in [1.165, 1.54) is 18.2 Å². The van der Waals surface area contributed by atoms with Gasteiger partial charge >= 0.3 is 5.97 Å². The van der Waals surface area contributed by atoms with E-state index in [0.717, 1.165) is 19.3 Å². The van der Waals surface area contributed by atoms with Crippen molar-refractivity contribution in [2.45, 2.75) is 33.1 Å². The van der Waals surface area contributed by atoms with Crippen LogP contribution in [0, 0.1) is 5.92 Å². The van der Waals surface area contributed by atoms with Crippen LogP contribution in [0.2, 0.25) is 0 Å². The van der Waals surface area contributed by atoms with Crippen molar-refractivity contribution in [2.24, 2.45) is 5.92 Å². The fourth-order valence-electron chi connectivity index (χ4n) is 1.84. The lowest BCUT2D eigenvalue weighted by molar-refractivity contribution is -0.144. The number of carbonyl (C=O) groups excluding carboxylic acids is 1. The molecule has 0 saturated carbocycles. The van der Waals surface area contributed by atoms with Gasteiger partial charge in [0.15, 0.2) is 0 Å². The molecule has 0 amide bonds. The van der Waals surface area contributed by atoms with E-state index in [1.807, 2.05) is 6.92 Å². The summed E-state index contributed by atoms with van der Waals surface area (Å²) in [6.45, 7) is 4.07. The molecule has 88 valence electrons. The van der Waals surface area contributed by atoms with Crippen LogP contribution >= 0.6 is 0 Å². The van der Waals surface area contributed by atoms with Gasteiger partial charge in [-0.05, 0) is 24.0 Å². The summed E-state index contributed by atoms with van der Waals surface area (Å²) < 4.78 is 4.72. The van der Waals surface area contributed by atoms with Crippen LogP contribution in [-0.4, -0.2) is 13.1 Å². The van der Waals surface area contributed by atoms with E-state index in [9.17, 15) is 4.79 Å². The molecule has 0 aliphatic carbocycles. The molecule has 0 bridgehead atoms. The Morgan fingerprint density at radius 1 is 1.38 bits per heavy atom. The topological polar surface area (TPSA) is 26.3 Å². The van der Waals surface area contributed by atoms with Gasteiger partial charge in [0.25, 0.3) is 0 Å². The maximum Gasteiger partial charge on any atom is 0.308 e. The second kappa shape index (κ2) is 6.31. The normalized spacial score (nSPS) is 12.2. The molecule has 0 saturated heterocycles. The molecule has 2 nitrogen and oxygen atoms in total. The third kappa shape index (κ3) is 3.69. The Hall–Kier alpha value is -1.31. The Kier molecular flexibility index (Phi) is 5.03. The van der Waals surface area contributed by atoms with Crippen LogP contribution in [-0.2, 0) is 22.4 Å². The maximum atomic E-state index is 11.3. The van der Waals surface area contributed by atoms with Gasteiger partial charge in [-0.3, -0.25) is 4.79 Å². The number of ether oxygens (including phenoxy) is 1. The lowest BCUT2D eigenvalue weighted by Gasteiger charge is -2.10. The quantitative estimate of drug-likeness (QED) is 0.713. The average Bonchev–Trinajstić information content (AvgIpc) is 2.29. The molecular formula is C14H20O2. The van der Waals surface area contributed by atoms with Crippen LogP contribution in [0.1, 0.15) is 31.4 Å². The van der Waals surface area contributed by atoms with Gasteiger partial charge in [-0.1, -0.05) is 44.5 Å². The number of carbonyl (C=O) groups is 1. The van der Waals surface area contributed by atoms with Crippen molar-refractivity contribution in [1.82, 2.24) is 0 Å². The summed E-state index contributed by atoms with van der Waals surface area (Å²) in [7, 11) is 1.44. The van der Waals surface area contributed by atoms with Gasteiger partial charge in [0.05, 0.1) is 13.0 Å². The molecule has 16 heavy (non-hydrogen) atoms. The van der Waals surface area contributed by atoms with E-state index in [1.54, 1.807) is 0 Å². The highest BCUT2D eigenvalue weighted by Crippen LogP contribution is 2.13. The van der Waals surface area contributed by atoms with E-state index in [2.05, 4.69) is 31.2 Å². The first-order chi connectivity index (χ1) is 7.67. The highest BCUT2D eigenvalue weighted by Gasteiger charge is 2.13. The van der Waals surface area contributed by atoms with Crippen molar-refractivity contribution in [1.29, 1.82) is 0 Å². The van der Waals surface area contributed by atoms with Crippen molar-refractivity contribution in [3.05, 3.63) is 35.4 Å². The van der Waals surface area contributed by atoms with Gasteiger partial charge in [-0.2, -0.15) is 0 Å². The summed E-state index contributed by atoms with van der Waals surface area (Å²) in [5, 5.41) is 0. The fraction of sp³-hybridized carbons (Fsp3) is 0.500. The molecule has 1 atom stereocenters. The van der Waals surface area contributed by atoms with Gasteiger partial charge in [0.2, 0.25) is 0 Å². The van der Waals surface area contributed by atoms with E-state index < -0.39 is 0 Å². The standard InChI is InChI=1S/C14H20O2/c1-4-6-12-7-5-8-13(10-12)9-11(2)14(15)16-3/h5,7-8,10-11H,4,6,9H2,1-3H3. The molecule has 0 aromatic heterocycles. The zero-order valence-electron chi connectivity index (χ0n) is 10.3. The largest absolute Gasteiger partial charge is 0.469 e. The highest BCUT2D eigenvalue weighted by molar-refractivity contribution is 5.72. The summed E-state index contributed by atoms with van der Waals surface area (Å²) in [6.07, 6.45) is 3.00. The van der Waals surface area contributed by atoms with Gasteiger partial charge < -0.3 is 4.74 Å². The van der Waals surface area contributed by atoms with Gasteiger partial charge in [-0.15, -0.1) is 0 Å². The van der Waals surface area contributed by atoms with Gasteiger partial charge in [0, 0.05) is 0 Å². The predicted molar refractivity (Wildman–Crippen MR) is 65.3 cm³/mol. The Labute approximate surface area is 97.6 Å². The molecule has 0 fully saturated rings. The average molecular weight is 220 g/mol. The van der Waals surface area contributed by atoms with Crippen LogP contribution in [0.4, 0.5) is 0 Å². The van der Waals surface area contributed by atoms with Crippen LogP contribution in [0.25, 0.3) is 0 Å². The second-order valence-electron chi connectivity index (χ2n) is 4.20. The number of methoxy groups -OCH3 is 1. The third-order valence-corrected chi connectivity index (χ3v) is 2.68. The molecule has 0 N–H and O–H groups in total. The number of benzene rings is 1. The molecule has 0 spiro atoms. The molecular weight excluding hydrogens is 200 g/mol. The lowest BCUT2D eigenvalue weighted by Crippen LogP contribution is -2.15. The third-order valence-electron chi connectivity index (χ3n) is 2.68. The predicted octanol–water partition coefficient (Wildman–Crippen LogP) is 2.99. The number of aryl methyl sites for hydroxylation is 1. The first kappa shape index (κ1) is 12.8. The van der Waals surface area contributed by atoms with Crippen LogP contribution < -0.4 is 0 Å². The molecule has 0 heterocycles. The minimum Gasteiger partial charge on any atom is -0.469 e. The smallest absolute Gasteiger partial charge is 0.308 e. The number of hydrogen-bond acceptors (Lipinski definition) is 2. The van der Waals surface area contributed by atoms with Crippen molar-refractivity contribution in [2.75, 3.05) is 7.11 Å². The molecule has 1 aromatic carbocycles. The SMILES string of the molecule is CCCc1cccc(CC(C)C(=O)OC)c1. The molecule has 2 heteroatoms. The Balaban J connectivity index is 2.66. The van der Waals surface area contributed by atoms with Crippen molar-refractivity contribution in [3.63, 3.8) is 0 Å². The molecule has 1 aromatic rings. The fourth-order valence-corrected chi connectivity index (χ4v) is 1.84. The Morgan fingerprint density at radius 3 is 2.69 bits per heavy atom. The monoisotopic (exact) mass is 220 g/mol. The van der Waals surface area contributed by atoms with E-state index >= 15 is 0 Å². The first-order valence-corrected chi connectivity index (χ1v) is 5.83. The summed E-state index contributed by atoms with van der Waals surface area (Å²) >= 11 is 0. The highest BCUT2D eigenvalue weighted by atomic mass is 16.5. The maximum absolute atomic E-state index is 11.3. The van der Waals surface area contributed by atoms with Crippen LogP contribution in [0.5, 0.6) is 0 Å². The van der Waals surface area contributed by atoms with Crippen molar-refractivity contribution >= 4 is 5.97 Å². The van der Waals surface area contributed by atoms with Crippen molar-refractivity contribution in [3.8, 4) is 0 Å². The second-order valence-corrected chi connectivity index (χ2v) is 4.20. The minimum absolute atomic E-state index is 0.0677. The minimum atomic E-state index is -0.138. The molecule has 0 aliphatic heterocycles. The number of rotatable bonds is 5. The summed E-state index contributed by atoms with van der Waals surface area (Å²) in [5.74, 6) is -0.206. The number of hydrogen-bond donors (Lipinski definition) is 0. The van der Waals surface area contributed by atoms with E-state index in [0.29, 0.717) is 0 Å². The molecule has 1 rings (SSSR count).